The zero-order valence-corrected chi connectivity index (χ0v) is 8.04. The number of carbonyl (C=O) groups is 1. The highest BCUT2D eigenvalue weighted by atomic mass is 32.1. The van der Waals surface area contributed by atoms with Gasteiger partial charge in [-0.1, -0.05) is 18.2 Å². The molecule has 0 saturated heterocycles. The molecule has 1 N–H and O–H groups in total. The Bertz CT molecular complexity index is 451. The number of hydrogen-bond acceptors (Lipinski definition) is 3. The summed E-state index contributed by atoms with van der Waals surface area (Å²) in [5.41, 5.74) is 8.24. The Morgan fingerprint density at radius 3 is 2.79 bits per heavy atom. The SMILES string of the molecule is [NH]C(=O)c1ccccc1-c1nccs1. The molecule has 0 spiro atoms. The summed E-state index contributed by atoms with van der Waals surface area (Å²) in [6.07, 6.45) is 1.69. The summed E-state index contributed by atoms with van der Waals surface area (Å²) in [5.74, 6) is -0.671. The van der Waals surface area contributed by atoms with Gasteiger partial charge in [-0.2, -0.15) is 0 Å². The van der Waals surface area contributed by atoms with E-state index in [1.54, 1.807) is 24.4 Å². The van der Waals surface area contributed by atoms with Gasteiger partial charge in [0.2, 0.25) is 0 Å². The van der Waals surface area contributed by atoms with Crippen LogP contribution in [0.5, 0.6) is 0 Å². The quantitative estimate of drug-likeness (QED) is 0.751. The van der Waals surface area contributed by atoms with Crippen molar-refractivity contribution < 1.29 is 4.79 Å². The second-order valence-corrected chi connectivity index (χ2v) is 3.61. The van der Waals surface area contributed by atoms with Crippen LogP contribution in [0.2, 0.25) is 0 Å². The zero-order valence-electron chi connectivity index (χ0n) is 7.23. The first-order valence-electron chi connectivity index (χ1n) is 4.04. The van der Waals surface area contributed by atoms with Crippen molar-refractivity contribution in [3.8, 4) is 10.6 Å². The normalized spacial score (nSPS) is 10.0. The van der Waals surface area contributed by atoms with Crippen molar-refractivity contribution in [1.29, 1.82) is 0 Å². The van der Waals surface area contributed by atoms with E-state index in [9.17, 15) is 4.79 Å². The summed E-state index contributed by atoms with van der Waals surface area (Å²) in [6, 6.07) is 7.04. The van der Waals surface area contributed by atoms with Gasteiger partial charge < -0.3 is 0 Å². The highest BCUT2D eigenvalue weighted by Gasteiger charge is 2.10. The fraction of sp³-hybridized carbons (Fsp3) is 0. The lowest BCUT2D eigenvalue weighted by molar-refractivity contribution is 0.0992. The first-order chi connectivity index (χ1) is 6.79. The van der Waals surface area contributed by atoms with Crippen LogP contribution in [0.3, 0.4) is 0 Å². The van der Waals surface area contributed by atoms with E-state index in [2.05, 4.69) is 4.98 Å². The van der Waals surface area contributed by atoms with Gasteiger partial charge in [0.25, 0.3) is 5.91 Å². The second kappa shape index (κ2) is 3.59. The molecule has 0 saturated carbocycles. The maximum absolute atomic E-state index is 11.0. The van der Waals surface area contributed by atoms with E-state index in [4.69, 9.17) is 5.73 Å². The third kappa shape index (κ3) is 1.52. The highest BCUT2D eigenvalue weighted by Crippen LogP contribution is 2.25. The maximum atomic E-state index is 11.0. The molecule has 1 aromatic heterocycles. The molecule has 1 amide bonds. The molecule has 0 bridgehead atoms. The molecular weight excluding hydrogens is 196 g/mol. The lowest BCUT2D eigenvalue weighted by atomic mass is 10.1. The van der Waals surface area contributed by atoms with Crippen molar-refractivity contribution in [2.24, 2.45) is 0 Å². The number of nitrogens with one attached hydrogen (secondary N) is 1. The molecule has 2 aromatic rings. The van der Waals surface area contributed by atoms with Crippen LogP contribution < -0.4 is 5.73 Å². The highest BCUT2D eigenvalue weighted by molar-refractivity contribution is 7.13. The number of amides is 1. The lowest BCUT2D eigenvalue weighted by Gasteiger charge is -2.01. The first-order valence-corrected chi connectivity index (χ1v) is 4.92. The van der Waals surface area contributed by atoms with Gasteiger partial charge in [-0.3, -0.25) is 10.5 Å². The first kappa shape index (κ1) is 8.90. The average molecular weight is 203 g/mol. The number of hydrogen-bond donors (Lipinski definition) is 0. The summed E-state index contributed by atoms with van der Waals surface area (Å²) in [5, 5.41) is 2.63. The van der Waals surface area contributed by atoms with Gasteiger partial charge in [0.1, 0.15) is 5.01 Å². The molecule has 0 fully saturated rings. The van der Waals surface area contributed by atoms with Crippen LogP contribution in [0.4, 0.5) is 0 Å². The monoisotopic (exact) mass is 203 g/mol. The average Bonchev–Trinajstić information content (AvgIpc) is 2.70. The summed E-state index contributed by atoms with van der Waals surface area (Å²) in [4.78, 5) is 15.1. The fourth-order valence-electron chi connectivity index (χ4n) is 1.22. The van der Waals surface area contributed by atoms with Gasteiger partial charge in [-0.25, -0.2) is 4.98 Å². The molecule has 1 aromatic carbocycles. The van der Waals surface area contributed by atoms with Gasteiger partial charge in [0, 0.05) is 17.1 Å². The van der Waals surface area contributed by atoms with E-state index in [0.29, 0.717) is 5.56 Å². The van der Waals surface area contributed by atoms with Gasteiger partial charge in [0.05, 0.1) is 5.56 Å². The van der Waals surface area contributed by atoms with Crippen LogP contribution in [0.15, 0.2) is 35.8 Å². The van der Waals surface area contributed by atoms with Crippen LogP contribution in [-0.4, -0.2) is 10.9 Å². The fourth-order valence-corrected chi connectivity index (χ4v) is 1.90. The molecule has 0 atom stereocenters. The molecule has 2 rings (SSSR count). The molecule has 0 aliphatic carbocycles. The van der Waals surface area contributed by atoms with E-state index < -0.39 is 5.91 Å². The van der Waals surface area contributed by atoms with Gasteiger partial charge in [0.15, 0.2) is 0 Å². The van der Waals surface area contributed by atoms with Crippen LogP contribution in [0.1, 0.15) is 10.4 Å². The summed E-state index contributed by atoms with van der Waals surface area (Å²) < 4.78 is 0. The minimum absolute atomic E-state index is 0.405. The molecule has 0 unspecified atom stereocenters. The Morgan fingerprint density at radius 1 is 1.36 bits per heavy atom. The zero-order chi connectivity index (χ0) is 9.97. The molecular formula is C10H7N2OS. The van der Waals surface area contributed by atoms with Crippen molar-refractivity contribution in [1.82, 2.24) is 10.7 Å². The van der Waals surface area contributed by atoms with E-state index in [1.807, 2.05) is 11.4 Å². The standard InChI is InChI=1S/C10H7N2OS/c11-9(13)7-3-1-2-4-8(7)10-12-5-6-14-10/h1-6,11H. The Balaban J connectivity index is 2.58. The predicted molar refractivity (Wildman–Crippen MR) is 55.0 cm³/mol. The molecule has 1 heterocycles. The molecule has 0 aliphatic rings. The second-order valence-electron chi connectivity index (χ2n) is 2.71. The topological polar surface area (TPSA) is 53.8 Å². The number of thiazole rings is 1. The summed E-state index contributed by atoms with van der Waals surface area (Å²) in [7, 11) is 0. The van der Waals surface area contributed by atoms with Crippen LogP contribution in [0, 0.1) is 0 Å². The number of nitrogens with zero attached hydrogens (tertiary/aromatic N) is 1. The minimum atomic E-state index is -0.671. The maximum Gasteiger partial charge on any atom is 0.270 e. The van der Waals surface area contributed by atoms with Crippen LogP contribution >= 0.6 is 11.3 Å². The largest absolute Gasteiger partial charge is 0.270 e. The number of carbonyl (C=O) groups excluding carboxylic acids is 1. The Morgan fingerprint density at radius 2 is 2.14 bits per heavy atom. The smallest absolute Gasteiger partial charge is 0.267 e. The molecule has 1 radical (unpaired) electrons. The van der Waals surface area contributed by atoms with E-state index in [0.717, 1.165) is 10.6 Å². The number of rotatable bonds is 2. The molecule has 3 nitrogen and oxygen atoms in total. The molecule has 14 heavy (non-hydrogen) atoms. The van der Waals surface area contributed by atoms with Gasteiger partial charge in [-0.05, 0) is 6.07 Å². The molecule has 0 aliphatic heterocycles. The minimum Gasteiger partial charge on any atom is -0.267 e. The Labute approximate surface area is 85.2 Å². The van der Waals surface area contributed by atoms with Crippen molar-refractivity contribution in [3.63, 3.8) is 0 Å². The lowest BCUT2D eigenvalue weighted by Crippen LogP contribution is -2.00. The third-order valence-corrected chi connectivity index (χ3v) is 2.64. The van der Waals surface area contributed by atoms with Crippen molar-refractivity contribution in [2.75, 3.05) is 0 Å². The Hall–Kier alpha value is -1.68. The predicted octanol–water partition coefficient (Wildman–Crippen LogP) is 2.23. The Kier molecular flexibility index (Phi) is 2.28. The van der Waals surface area contributed by atoms with Crippen molar-refractivity contribution in [3.05, 3.63) is 41.4 Å². The van der Waals surface area contributed by atoms with Crippen molar-refractivity contribution in [2.45, 2.75) is 0 Å². The van der Waals surface area contributed by atoms with Crippen molar-refractivity contribution >= 4 is 17.2 Å². The van der Waals surface area contributed by atoms with Gasteiger partial charge in [-0.15, -0.1) is 11.3 Å². The van der Waals surface area contributed by atoms with E-state index in [-0.39, 0.29) is 0 Å². The molecule has 4 heteroatoms. The van der Waals surface area contributed by atoms with Gasteiger partial charge >= 0.3 is 0 Å². The number of aromatic nitrogens is 1. The molecule has 69 valence electrons. The van der Waals surface area contributed by atoms with Crippen LogP contribution in [0.25, 0.3) is 10.6 Å². The third-order valence-electron chi connectivity index (χ3n) is 1.83. The summed E-state index contributed by atoms with van der Waals surface area (Å²) in [6.45, 7) is 0. The van der Waals surface area contributed by atoms with E-state index in [1.165, 1.54) is 11.3 Å². The van der Waals surface area contributed by atoms with E-state index >= 15 is 0 Å². The van der Waals surface area contributed by atoms with Crippen LogP contribution in [-0.2, 0) is 0 Å². The summed E-state index contributed by atoms with van der Waals surface area (Å²) >= 11 is 1.46. The number of benzene rings is 1.